The van der Waals surface area contributed by atoms with E-state index in [1.165, 1.54) is 6.08 Å². The van der Waals surface area contributed by atoms with Crippen molar-refractivity contribution in [2.24, 2.45) is 0 Å². The van der Waals surface area contributed by atoms with Crippen molar-refractivity contribution in [2.75, 3.05) is 12.4 Å². The molecule has 0 fully saturated rings. The summed E-state index contributed by atoms with van der Waals surface area (Å²) in [5.74, 6) is 0.612. The number of nitriles is 1. The van der Waals surface area contributed by atoms with Gasteiger partial charge >= 0.3 is 0 Å². The van der Waals surface area contributed by atoms with Crippen LogP contribution in [0.4, 0.5) is 5.69 Å². The van der Waals surface area contributed by atoms with Crippen LogP contribution >= 0.6 is 15.9 Å². The van der Waals surface area contributed by atoms with Gasteiger partial charge in [0.1, 0.15) is 18.2 Å². The number of fused-ring (bicyclic) bond motifs is 1. The number of hydrogen-bond acceptors (Lipinski definition) is 4. The average Bonchev–Trinajstić information content (AvgIpc) is 2.91. The first kappa shape index (κ1) is 25.7. The third kappa shape index (κ3) is 6.27. The fraction of sp³-hybridized carbons (Fsp3) is 0.0968. The van der Waals surface area contributed by atoms with Crippen LogP contribution < -0.4 is 14.8 Å². The number of nitrogens with zero attached hydrogens (tertiary/aromatic N) is 1. The molecule has 0 unspecified atom stereocenters. The van der Waals surface area contributed by atoms with Gasteiger partial charge in [0.15, 0.2) is 11.5 Å². The Morgan fingerprint density at radius 1 is 1.05 bits per heavy atom. The van der Waals surface area contributed by atoms with Crippen molar-refractivity contribution < 1.29 is 14.3 Å². The number of benzene rings is 4. The lowest BCUT2D eigenvalue weighted by Gasteiger charge is -2.17. The van der Waals surface area contributed by atoms with Gasteiger partial charge in [-0.25, -0.2) is 0 Å². The predicted octanol–water partition coefficient (Wildman–Crippen LogP) is 7.46. The van der Waals surface area contributed by atoms with E-state index in [1.807, 2.05) is 42.5 Å². The minimum Gasteiger partial charge on any atom is -0.493 e. The molecule has 4 aromatic carbocycles. The number of hydrogen-bond donors (Lipinski definition) is 1. The average molecular weight is 553 g/mol. The van der Waals surface area contributed by atoms with Crippen LogP contribution in [-0.2, 0) is 17.8 Å². The SMILES string of the molecule is C=CCc1cc(/C=C(/C#N)C(=O)Nc2cccc(Br)c2)cc(OC)c1OCc1cccc2ccccc12. The number of anilines is 1. The molecule has 1 amide bonds. The van der Waals surface area contributed by atoms with E-state index >= 15 is 0 Å². The second-order valence-electron chi connectivity index (χ2n) is 8.27. The predicted molar refractivity (Wildman–Crippen MR) is 152 cm³/mol. The van der Waals surface area contributed by atoms with E-state index < -0.39 is 5.91 Å². The monoisotopic (exact) mass is 552 g/mol. The molecule has 0 spiro atoms. The van der Waals surface area contributed by atoms with E-state index in [9.17, 15) is 10.1 Å². The molecular weight excluding hydrogens is 528 g/mol. The quantitative estimate of drug-likeness (QED) is 0.133. The fourth-order valence-corrected chi connectivity index (χ4v) is 4.44. The van der Waals surface area contributed by atoms with Gasteiger partial charge in [-0.3, -0.25) is 4.79 Å². The first-order chi connectivity index (χ1) is 18.0. The lowest BCUT2D eigenvalue weighted by Crippen LogP contribution is -2.13. The van der Waals surface area contributed by atoms with E-state index in [1.54, 1.807) is 37.5 Å². The summed E-state index contributed by atoms with van der Waals surface area (Å²) in [5.41, 5.74) is 3.10. The number of amides is 1. The summed E-state index contributed by atoms with van der Waals surface area (Å²) in [6.07, 6.45) is 3.84. The van der Waals surface area contributed by atoms with Crippen molar-refractivity contribution in [2.45, 2.75) is 13.0 Å². The molecule has 37 heavy (non-hydrogen) atoms. The summed E-state index contributed by atoms with van der Waals surface area (Å²) in [4.78, 5) is 12.8. The molecule has 0 bridgehead atoms. The van der Waals surface area contributed by atoms with Gasteiger partial charge in [-0.1, -0.05) is 70.5 Å². The third-order valence-corrected chi connectivity index (χ3v) is 6.24. The molecule has 4 aromatic rings. The van der Waals surface area contributed by atoms with Crippen LogP contribution in [0.2, 0.25) is 0 Å². The van der Waals surface area contributed by atoms with E-state index in [-0.39, 0.29) is 5.57 Å². The number of nitrogens with one attached hydrogen (secondary N) is 1. The second kappa shape index (κ2) is 12.1. The highest BCUT2D eigenvalue weighted by molar-refractivity contribution is 9.10. The first-order valence-corrected chi connectivity index (χ1v) is 12.4. The highest BCUT2D eigenvalue weighted by Crippen LogP contribution is 2.35. The van der Waals surface area contributed by atoms with Gasteiger partial charge in [0.05, 0.1) is 7.11 Å². The Morgan fingerprint density at radius 2 is 1.84 bits per heavy atom. The van der Waals surface area contributed by atoms with Gasteiger partial charge in [0.2, 0.25) is 0 Å². The lowest BCUT2D eigenvalue weighted by molar-refractivity contribution is -0.112. The maximum absolute atomic E-state index is 12.8. The molecule has 0 aliphatic carbocycles. The van der Waals surface area contributed by atoms with Gasteiger partial charge in [0, 0.05) is 15.7 Å². The van der Waals surface area contributed by atoms with E-state index in [0.717, 1.165) is 26.4 Å². The molecule has 0 radical (unpaired) electrons. The zero-order valence-electron chi connectivity index (χ0n) is 20.3. The zero-order valence-corrected chi connectivity index (χ0v) is 21.9. The largest absolute Gasteiger partial charge is 0.493 e. The summed E-state index contributed by atoms with van der Waals surface area (Å²) in [7, 11) is 1.57. The van der Waals surface area contributed by atoms with Crippen molar-refractivity contribution in [1.29, 1.82) is 5.26 Å². The third-order valence-electron chi connectivity index (χ3n) is 5.75. The molecule has 1 N–H and O–H groups in total. The summed E-state index contributed by atoms with van der Waals surface area (Å²) >= 11 is 3.38. The number of carbonyl (C=O) groups is 1. The van der Waals surface area contributed by atoms with Crippen LogP contribution in [0.15, 0.2) is 102 Å². The number of methoxy groups -OCH3 is 1. The maximum Gasteiger partial charge on any atom is 0.266 e. The van der Waals surface area contributed by atoms with Crippen LogP contribution in [-0.4, -0.2) is 13.0 Å². The second-order valence-corrected chi connectivity index (χ2v) is 9.18. The fourth-order valence-electron chi connectivity index (χ4n) is 4.04. The Kier molecular flexibility index (Phi) is 8.40. The summed E-state index contributed by atoms with van der Waals surface area (Å²) < 4.78 is 12.8. The molecular formula is C31H25BrN2O3. The molecule has 0 heterocycles. The highest BCUT2D eigenvalue weighted by atomic mass is 79.9. The van der Waals surface area contributed by atoms with Crippen LogP contribution in [0.25, 0.3) is 16.8 Å². The topological polar surface area (TPSA) is 71.4 Å². The minimum absolute atomic E-state index is 0.0315. The summed E-state index contributed by atoms with van der Waals surface area (Å²) in [6.45, 7) is 4.23. The van der Waals surface area contributed by atoms with Crippen LogP contribution in [0.3, 0.4) is 0 Å². The molecule has 0 saturated heterocycles. The van der Waals surface area contributed by atoms with E-state index in [4.69, 9.17) is 9.47 Å². The first-order valence-electron chi connectivity index (χ1n) is 11.6. The molecule has 0 aliphatic heterocycles. The molecule has 4 rings (SSSR count). The van der Waals surface area contributed by atoms with Crippen molar-refractivity contribution in [3.05, 3.63) is 118 Å². The van der Waals surface area contributed by atoms with Crippen molar-refractivity contribution in [3.63, 3.8) is 0 Å². The number of allylic oxidation sites excluding steroid dienone is 1. The van der Waals surface area contributed by atoms with Gasteiger partial charge in [-0.2, -0.15) is 5.26 Å². The van der Waals surface area contributed by atoms with Crippen molar-refractivity contribution >= 4 is 44.4 Å². The maximum atomic E-state index is 12.8. The van der Waals surface area contributed by atoms with Gasteiger partial charge in [0.25, 0.3) is 5.91 Å². The lowest BCUT2D eigenvalue weighted by atomic mass is 10.0. The van der Waals surface area contributed by atoms with Crippen LogP contribution in [0, 0.1) is 11.3 Å². The number of ether oxygens (including phenoxy) is 2. The van der Waals surface area contributed by atoms with E-state index in [2.05, 4.69) is 46.0 Å². The van der Waals surface area contributed by atoms with Gasteiger partial charge in [-0.05, 0) is 64.7 Å². The molecule has 184 valence electrons. The van der Waals surface area contributed by atoms with Crippen LogP contribution in [0.1, 0.15) is 16.7 Å². The molecule has 0 atom stereocenters. The molecule has 0 aliphatic rings. The van der Waals surface area contributed by atoms with Crippen molar-refractivity contribution in [3.8, 4) is 17.6 Å². The van der Waals surface area contributed by atoms with Crippen LogP contribution in [0.5, 0.6) is 11.5 Å². The molecule has 0 aromatic heterocycles. The van der Waals surface area contributed by atoms with Crippen molar-refractivity contribution in [1.82, 2.24) is 0 Å². The molecule has 0 saturated carbocycles. The number of carbonyl (C=O) groups excluding carboxylic acids is 1. The number of halogens is 1. The summed E-state index contributed by atoms with van der Waals surface area (Å²) in [6, 6.07) is 27.1. The summed E-state index contributed by atoms with van der Waals surface area (Å²) in [5, 5.41) is 14.7. The normalized spacial score (nSPS) is 11.0. The Balaban J connectivity index is 1.64. The zero-order chi connectivity index (χ0) is 26.2. The van der Waals surface area contributed by atoms with E-state index in [0.29, 0.717) is 35.8 Å². The van der Waals surface area contributed by atoms with Gasteiger partial charge < -0.3 is 14.8 Å². The molecule has 6 heteroatoms. The minimum atomic E-state index is -0.499. The standard InChI is InChI=1S/C31H25BrN2O3/c1-3-8-23-15-21(16-25(19-33)31(35)34-27-13-7-12-26(32)18-27)17-29(36-2)30(23)37-20-24-11-6-10-22-9-4-5-14-28(22)24/h3-7,9-18H,1,8,20H2,2H3,(H,34,35)/b25-16-. The Morgan fingerprint density at radius 3 is 2.59 bits per heavy atom. The smallest absolute Gasteiger partial charge is 0.266 e. The van der Waals surface area contributed by atoms with Gasteiger partial charge in [-0.15, -0.1) is 6.58 Å². The Labute approximate surface area is 224 Å². The Hall–Kier alpha value is -4.34. The molecule has 5 nitrogen and oxygen atoms in total. The Bertz CT molecular complexity index is 1530. The number of rotatable bonds is 9. The highest BCUT2D eigenvalue weighted by Gasteiger charge is 2.15.